The number of hydrogen-bond acceptors (Lipinski definition) is 0. The molecule has 0 heterocycles. The van der Waals surface area contributed by atoms with Crippen LogP contribution in [0.15, 0.2) is 106 Å². The Morgan fingerprint density at radius 3 is 1.53 bits per heavy atom. The van der Waals surface area contributed by atoms with Gasteiger partial charge in [0, 0.05) is 0 Å². The summed E-state index contributed by atoms with van der Waals surface area (Å²) in [6.45, 7) is 23.3. The van der Waals surface area contributed by atoms with Crippen LogP contribution in [-0.2, 0) is 32.1 Å². The Bertz CT molecular complexity index is 2260. The Morgan fingerprint density at radius 1 is 0.673 bits per heavy atom. The normalized spacial score (nSPS) is 18.8. The van der Waals surface area contributed by atoms with E-state index in [1.165, 1.54) is 76.6 Å². The second-order valence-corrected chi connectivity index (χ2v) is 24.5. The van der Waals surface area contributed by atoms with Crippen LogP contribution in [0.2, 0.25) is 0 Å². The molecule has 4 aliphatic rings. The zero-order valence-electron chi connectivity index (χ0n) is 33.8. The zero-order chi connectivity index (χ0) is 37.8. The van der Waals surface area contributed by atoms with Crippen molar-refractivity contribution in [3.05, 3.63) is 162 Å². The molecule has 0 amide bonds. The Morgan fingerprint density at radius 2 is 1.13 bits per heavy atom. The molecule has 0 bridgehead atoms. The summed E-state index contributed by atoms with van der Waals surface area (Å²) >= 11 is -3.34. The standard InChI is InChI=1S/C27H29.C13H8F2.C10H15.2ClH.Zr/c1-16-7-9-26(3,4)24-12-18-11-19-13-25-21(17(2)8-10-27(25,5)6)15-23(19)22(18)14-20(16)24;14-12-5-1-3-10(8-12)7-11-4-2-6-13(15)9-11;1-8-5-6-9(7-8)10(2,3)4;;;/h7-8,11-15H,9-10H2,1-6H3;1-6,8-9H;6-8H,1-4H3;2*1H;/q;;;;;+2/p-2. The molecule has 4 aliphatic carbocycles. The number of rotatable bonds is 4. The Labute approximate surface area is 347 Å². The first-order valence-electron chi connectivity index (χ1n) is 19.4. The van der Waals surface area contributed by atoms with E-state index in [2.05, 4.69) is 130 Å². The minimum atomic E-state index is -3.34. The first-order chi connectivity index (χ1) is 24.9. The molecule has 0 saturated heterocycles. The molecule has 0 aliphatic heterocycles. The van der Waals surface area contributed by atoms with Crippen LogP contribution in [0.4, 0.5) is 8.78 Å². The van der Waals surface area contributed by atoms with Gasteiger partial charge in [-0.25, -0.2) is 0 Å². The maximum absolute atomic E-state index is 15.4. The van der Waals surface area contributed by atoms with Crippen molar-refractivity contribution in [1.29, 1.82) is 0 Å². The molecule has 0 saturated carbocycles. The molecule has 0 aromatic heterocycles. The number of allylic oxidation sites excluding steroid dienone is 8. The van der Waals surface area contributed by atoms with Gasteiger partial charge in [-0.05, 0) is 0 Å². The molecule has 8 rings (SSSR count). The van der Waals surface area contributed by atoms with Gasteiger partial charge >= 0.3 is 325 Å². The summed E-state index contributed by atoms with van der Waals surface area (Å²) in [5, 5.41) is 0. The minimum absolute atomic E-state index is 0. The second-order valence-electron chi connectivity index (χ2n) is 18.4. The molecular formula is C50H52Cl2F2Zr. The topological polar surface area (TPSA) is 0 Å². The van der Waals surface area contributed by atoms with Crippen molar-refractivity contribution < 1.29 is 54.9 Å². The monoisotopic (exact) mass is 850 g/mol. The molecule has 4 aromatic rings. The average molecular weight is 853 g/mol. The molecule has 4 aromatic carbocycles. The van der Waals surface area contributed by atoms with Crippen LogP contribution in [0.5, 0.6) is 0 Å². The van der Waals surface area contributed by atoms with Gasteiger partial charge in [-0.15, -0.1) is 0 Å². The van der Waals surface area contributed by atoms with E-state index in [4.69, 9.17) is 0 Å². The Balaban J connectivity index is 0.00000257. The van der Waals surface area contributed by atoms with E-state index < -0.39 is 21.3 Å². The summed E-state index contributed by atoms with van der Waals surface area (Å²) in [4.78, 5) is 0. The summed E-state index contributed by atoms with van der Waals surface area (Å²) in [6, 6.07) is 24.4. The fourth-order valence-electron chi connectivity index (χ4n) is 9.40. The molecule has 0 fully saturated rings. The van der Waals surface area contributed by atoms with Crippen LogP contribution in [0.1, 0.15) is 130 Å². The van der Waals surface area contributed by atoms with Gasteiger partial charge in [0.15, 0.2) is 0 Å². The van der Waals surface area contributed by atoms with Crippen molar-refractivity contribution in [2.75, 3.05) is 0 Å². The zero-order valence-corrected chi connectivity index (χ0v) is 37.8. The number of benzene rings is 4. The first-order valence-corrected chi connectivity index (χ1v) is 23.2. The fourth-order valence-corrected chi connectivity index (χ4v) is 18.8. The summed E-state index contributed by atoms with van der Waals surface area (Å²) < 4.78 is 33.6. The summed E-state index contributed by atoms with van der Waals surface area (Å²) in [7, 11) is 0. The molecule has 55 heavy (non-hydrogen) atoms. The van der Waals surface area contributed by atoms with Crippen LogP contribution in [0.3, 0.4) is 0 Å². The summed E-state index contributed by atoms with van der Waals surface area (Å²) in [5.41, 5.74) is 16.8. The number of fused-ring (bicyclic) bond motifs is 5. The third-order valence-corrected chi connectivity index (χ3v) is 21.3. The van der Waals surface area contributed by atoms with E-state index in [1.807, 2.05) is 12.1 Å². The molecule has 0 N–H and O–H groups in total. The van der Waals surface area contributed by atoms with Crippen molar-refractivity contribution in [2.24, 2.45) is 11.3 Å². The van der Waals surface area contributed by atoms with Crippen LogP contribution in [-0.4, -0.2) is 3.21 Å². The predicted molar refractivity (Wildman–Crippen MR) is 217 cm³/mol. The van der Waals surface area contributed by atoms with Gasteiger partial charge < -0.3 is 24.8 Å². The van der Waals surface area contributed by atoms with Crippen molar-refractivity contribution in [3.63, 3.8) is 0 Å². The average Bonchev–Trinajstić information content (AvgIpc) is 3.63. The van der Waals surface area contributed by atoms with Crippen LogP contribution in [0.25, 0.3) is 22.3 Å². The third-order valence-electron chi connectivity index (χ3n) is 12.6. The molecule has 1 atom stereocenters. The van der Waals surface area contributed by atoms with Gasteiger partial charge in [-0.2, -0.15) is 0 Å². The van der Waals surface area contributed by atoms with E-state index in [0.29, 0.717) is 0 Å². The minimum Gasteiger partial charge on any atom is -1.00 e. The smallest absolute Gasteiger partial charge is 1.00 e. The largest absolute Gasteiger partial charge is 1.00 e. The summed E-state index contributed by atoms with van der Waals surface area (Å²) in [5.74, 6) is -0.296. The Hall–Kier alpha value is -2.97. The number of hydrogen-bond donors (Lipinski definition) is 0. The van der Waals surface area contributed by atoms with Crippen molar-refractivity contribution >= 4 is 14.4 Å². The molecular weight excluding hydrogens is 801 g/mol. The van der Waals surface area contributed by atoms with Crippen molar-refractivity contribution in [2.45, 2.75) is 96.5 Å². The van der Waals surface area contributed by atoms with Crippen LogP contribution >= 0.6 is 0 Å². The maximum atomic E-state index is 15.4. The van der Waals surface area contributed by atoms with Gasteiger partial charge in [0.1, 0.15) is 0 Å². The quantitative estimate of drug-likeness (QED) is 0.199. The van der Waals surface area contributed by atoms with E-state index >= 15 is 8.78 Å². The van der Waals surface area contributed by atoms with Gasteiger partial charge in [0.05, 0.1) is 0 Å². The summed E-state index contributed by atoms with van der Waals surface area (Å²) in [6.07, 6.45) is 11.8. The van der Waals surface area contributed by atoms with E-state index in [1.54, 1.807) is 12.1 Å². The fraction of sp³-hybridized carbons (Fsp3) is 0.340. The van der Waals surface area contributed by atoms with E-state index in [9.17, 15) is 0 Å². The third kappa shape index (κ3) is 7.15. The van der Waals surface area contributed by atoms with Gasteiger partial charge in [0.25, 0.3) is 0 Å². The van der Waals surface area contributed by atoms with E-state index in [-0.39, 0.29) is 62.2 Å². The molecule has 5 heteroatoms. The Kier molecular flexibility index (Phi) is 11.2. The molecule has 1 unspecified atom stereocenters. The van der Waals surface area contributed by atoms with Gasteiger partial charge in [0.2, 0.25) is 0 Å². The predicted octanol–water partition coefficient (Wildman–Crippen LogP) is 7.61. The molecule has 0 spiro atoms. The molecule has 284 valence electrons. The molecule has 0 nitrogen and oxygen atoms in total. The van der Waals surface area contributed by atoms with E-state index in [0.717, 1.165) is 27.2 Å². The van der Waals surface area contributed by atoms with Crippen molar-refractivity contribution in [3.8, 4) is 11.1 Å². The SMILES string of the molecule is CC1=CCC(C)(C)c2cc3c(cc21)-c1cc2c(cc1[CH]3[Zr+2]([C]1=CC(C(C)(C)C)=CC1C)=[C](c1cccc(F)c1)c1cccc(F)c1)C(C)(C)CC=C2C.[Cl-].[Cl-]. The van der Waals surface area contributed by atoms with Gasteiger partial charge in [-0.3, -0.25) is 0 Å². The maximum Gasteiger partial charge on any atom is -1.00 e. The van der Waals surface area contributed by atoms with Gasteiger partial charge in [-0.1, -0.05) is 0 Å². The first kappa shape index (κ1) is 41.7. The van der Waals surface area contributed by atoms with Crippen LogP contribution < -0.4 is 24.8 Å². The van der Waals surface area contributed by atoms with Crippen molar-refractivity contribution in [1.82, 2.24) is 0 Å². The number of halogens is 4. The second kappa shape index (κ2) is 14.8. The van der Waals surface area contributed by atoms with Crippen LogP contribution in [0, 0.1) is 23.0 Å². The molecule has 0 radical (unpaired) electrons.